The van der Waals surface area contributed by atoms with E-state index in [4.69, 9.17) is 0 Å². The van der Waals surface area contributed by atoms with Crippen LogP contribution in [0.15, 0.2) is 30.3 Å². The van der Waals surface area contributed by atoms with Crippen molar-refractivity contribution >= 4 is 5.91 Å². The molecular formula is C15H18F3NO2. The van der Waals surface area contributed by atoms with Gasteiger partial charge in [-0.1, -0.05) is 30.3 Å². The summed E-state index contributed by atoms with van der Waals surface area (Å²) >= 11 is 0. The standard InChI is InChI=1S/C15H18F3NO2/c16-15(17,18)11-21-9-6-13(20)19-10-14(7-8-14)12-4-2-1-3-5-12/h1-5H,6-11H2,(H,19,20). The second kappa shape index (κ2) is 6.47. The van der Waals surface area contributed by atoms with Crippen molar-refractivity contribution in [2.24, 2.45) is 0 Å². The lowest BCUT2D eigenvalue weighted by Crippen LogP contribution is -2.33. The number of hydrogen-bond donors (Lipinski definition) is 1. The summed E-state index contributed by atoms with van der Waals surface area (Å²) in [6, 6.07) is 9.93. The molecule has 116 valence electrons. The molecule has 0 unspecified atom stereocenters. The van der Waals surface area contributed by atoms with E-state index in [1.54, 1.807) is 0 Å². The fourth-order valence-electron chi connectivity index (χ4n) is 2.22. The Bertz CT molecular complexity index is 470. The van der Waals surface area contributed by atoms with Crippen LogP contribution >= 0.6 is 0 Å². The van der Waals surface area contributed by atoms with Gasteiger partial charge in [0.25, 0.3) is 0 Å². The fourth-order valence-corrected chi connectivity index (χ4v) is 2.22. The molecule has 0 atom stereocenters. The van der Waals surface area contributed by atoms with Crippen molar-refractivity contribution in [1.29, 1.82) is 0 Å². The van der Waals surface area contributed by atoms with Crippen LogP contribution in [0.25, 0.3) is 0 Å². The Labute approximate surface area is 121 Å². The van der Waals surface area contributed by atoms with Gasteiger partial charge in [0.2, 0.25) is 5.91 Å². The number of carbonyl (C=O) groups is 1. The van der Waals surface area contributed by atoms with Gasteiger partial charge in [0.1, 0.15) is 6.61 Å². The van der Waals surface area contributed by atoms with Crippen molar-refractivity contribution < 1.29 is 22.7 Å². The van der Waals surface area contributed by atoms with E-state index in [1.165, 1.54) is 5.56 Å². The molecule has 6 heteroatoms. The minimum Gasteiger partial charge on any atom is -0.372 e. The number of alkyl halides is 3. The molecule has 1 aromatic rings. The van der Waals surface area contributed by atoms with Crippen LogP contribution in [0.5, 0.6) is 0 Å². The molecule has 1 saturated carbocycles. The van der Waals surface area contributed by atoms with Crippen LogP contribution in [-0.2, 0) is 14.9 Å². The molecular weight excluding hydrogens is 283 g/mol. The smallest absolute Gasteiger partial charge is 0.372 e. The number of hydrogen-bond acceptors (Lipinski definition) is 2. The molecule has 1 amide bonds. The predicted molar refractivity (Wildman–Crippen MR) is 71.9 cm³/mol. The third kappa shape index (κ3) is 5.04. The summed E-state index contributed by atoms with van der Waals surface area (Å²) < 4.78 is 40.0. The Morgan fingerprint density at radius 2 is 1.90 bits per heavy atom. The maximum Gasteiger partial charge on any atom is 0.411 e. The zero-order chi connectivity index (χ0) is 15.3. The number of nitrogens with one attached hydrogen (secondary N) is 1. The highest BCUT2D eigenvalue weighted by atomic mass is 19.4. The highest BCUT2D eigenvalue weighted by Crippen LogP contribution is 2.47. The van der Waals surface area contributed by atoms with Gasteiger partial charge in [0, 0.05) is 18.4 Å². The van der Waals surface area contributed by atoms with Gasteiger partial charge in [0.05, 0.1) is 6.61 Å². The SMILES string of the molecule is O=C(CCOCC(F)(F)F)NCC1(c2ccccc2)CC1. The number of halogens is 3. The summed E-state index contributed by atoms with van der Waals surface area (Å²) in [6.45, 7) is -1.01. The van der Waals surface area contributed by atoms with Gasteiger partial charge >= 0.3 is 6.18 Å². The molecule has 0 saturated heterocycles. The summed E-state index contributed by atoms with van der Waals surface area (Å²) in [5.41, 5.74) is 1.20. The van der Waals surface area contributed by atoms with E-state index in [2.05, 4.69) is 10.1 Å². The second-order valence-electron chi connectivity index (χ2n) is 5.34. The zero-order valence-electron chi connectivity index (χ0n) is 11.6. The van der Waals surface area contributed by atoms with Gasteiger partial charge in [-0.05, 0) is 18.4 Å². The Balaban J connectivity index is 1.68. The van der Waals surface area contributed by atoms with Crippen LogP contribution in [0, 0.1) is 0 Å². The quantitative estimate of drug-likeness (QED) is 0.787. The molecule has 0 spiro atoms. The number of amides is 1. The van der Waals surface area contributed by atoms with Crippen molar-refractivity contribution in [3.8, 4) is 0 Å². The number of carbonyl (C=O) groups excluding carboxylic acids is 1. The molecule has 1 fully saturated rings. The lowest BCUT2D eigenvalue weighted by molar-refractivity contribution is -0.174. The van der Waals surface area contributed by atoms with Gasteiger partial charge in [-0.15, -0.1) is 0 Å². The van der Waals surface area contributed by atoms with Crippen molar-refractivity contribution in [2.75, 3.05) is 19.8 Å². The van der Waals surface area contributed by atoms with Gasteiger partial charge < -0.3 is 10.1 Å². The summed E-state index contributed by atoms with van der Waals surface area (Å²) in [5.74, 6) is -0.278. The zero-order valence-corrected chi connectivity index (χ0v) is 11.6. The Morgan fingerprint density at radius 1 is 1.24 bits per heavy atom. The molecule has 1 aromatic carbocycles. The van der Waals surface area contributed by atoms with E-state index in [0.717, 1.165) is 12.8 Å². The van der Waals surface area contributed by atoms with E-state index in [1.807, 2.05) is 30.3 Å². The first-order chi connectivity index (χ1) is 9.91. The average Bonchev–Trinajstić information content (AvgIpc) is 3.23. The number of ether oxygens (including phenoxy) is 1. The van der Waals surface area contributed by atoms with Crippen LogP contribution in [0.4, 0.5) is 13.2 Å². The van der Waals surface area contributed by atoms with Gasteiger partial charge in [-0.2, -0.15) is 13.2 Å². The monoisotopic (exact) mass is 301 g/mol. The number of benzene rings is 1. The predicted octanol–water partition coefficient (Wildman–Crippen LogP) is 2.80. The lowest BCUT2D eigenvalue weighted by atomic mass is 9.96. The first kappa shape index (κ1) is 15.8. The van der Waals surface area contributed by atoms with Crippen LogP contribution in [0.2, 0.25) is 0 Å². The maximum atomic E-state index is 11.9. The Morgan fingerprint density at radius 3 is 2.48 bits per heavy atom. The minimum atomic E-state index is -4.35. The third-order valence-corrected chi connectivity index (χ3v) is 3.60. The van der Waals surface area contributed by atoms with E-state index in [-0.39, 0.29) is 24.3 Å². The second-order valence-corrected chi connectivity index (χ2v) is 5.34. The molecule has 0 heterocycles. The van der Waals surface area contributed by atoms with Crippen molar-refractivity contribution in [3.05, 3.63) is 35.9 Å². The molecule has 1 aliphatic carbocycles. The molecule has 1 aliphatic rings. The van der Waals surface area contributed by atoms with E-state index < -0.39 is 12.8 Å². The van der Waals surface area contributed by atoms with Gasteiger partial charge in [-0.3, -0.25) is 4.79 Å². The van der Waals surface area contributed by atoms with Crippen molar-refractivity contribution in [3.63, 3.8) is 0 Å². The molecule has 2 rings (SSSR count). The van der Waals surface area contributed by atoms with Crippen LogP contribution in [0.3, 0.4) is 0 Å². The first-order valence-corrected chi connectivity index (χ1v) is 6.88. The Hall–Kier alpha value is -1.56. The highest BCUT2D eigenvalue weighted by molar-refractivity contribution is 5.76. The molecule has 0 bridgehead atoms. The molecule has 0 aromatic heterocycles. The fraction of sp³-hybridized carbons (Fsp3) is 0.533. The third-order valence-electron chi connectivity index (χ3n) is 3.60. The highest BCUT2D eigenvalue weighted by Gasteiger charge is 2.44. The normalized spacial score (nSPS) is 16.5. The van der Waals surface area contributed by atoms with Crippen LogP contribution < -0.4 is 5.32 Å². The maximum absolute atomic E-state index is 11.9. The van der Waals surface area contributed by atoms with E-state index >= 15 is 0 Å². The summed E-state index contributed by atoms with van der Waals surface area (Å²) in [5, 5.41) is 2.78. The molecule has 3 nitrogen and oxygen atoms in total. The Kier molecular flexibility index (Phi) is 4.88. The summed E-state index contributed by atoms with van der Waals surface area (Å²) in [7, 11) is 0. The first-order valence-electron chi connectivity index (χ1n) is 6.88. The topological polar surface area (TPSA) is 38.3 Å². The van der Waals surface area contributed by atoms with Gasteiger partial charge in [0.15, 0.2) is 0 Å². The summed E-state index contributed by atoms with van der Waals surface area (Å²) in [4.78, 5) is 11.6. The van der Waals surface area contributed by atoms with Crippen molar-refractivity contribution in [1.82, 2.24) is 5.32 Å². The van der Waals surface area contributed by atoms with Crippen molar-refractivity contribution in [2.45, 2.75) is 30.9 Å². The number of rotatable bonds is 7. The summed E-state index contributed by atoms with van der Waals surface area (Å²) in [6.07, 6.45) is -2.37. The minimum absolute atomic E-state index is 0.00372. The largest absolute Gasteiger partial charge is 0.411 e. The molecule has 0 radical (unpaired) electrons. The molecule has 21 heavy (non-hydrogen) atoms. The van der Waals surface area contributed by atoms with Gasteiger partial charge in [-0.25, -0.2) is 0 Å². The van der Waals surface area contributed by atoms with E-state index in [9.17, 15) is 18.0 Å². The molecule has 1 N–H and O–H groups in total. The molecule has 0 aliphatic heterocycles. The van der Waals surface area contributed by atoms with E-state index in [0.29, 0.717) is 6.54 Å². The lowest BCUT2D eigenvalue weighted by Gasteiger charge is -2.16. The van der Waals surface area contributed by atoms with Crippen LogP contribution in [0.1, 0.15) is 24.8 Å². The van der Waals surface area contributed by atoms with Crippen LogP contribution in [-0.4, -0.2) is 31.8 Å². The average molecular weight is 301 g/mol.